The maximum Gasteiger partial charge on any atom is 0.522 e. The van der Waals surface area contributed by atoms with Crippen LogP contribution in [0, 0.1) is 18.3 Å². The highest BCUT2D eigenvalue weighted by atomic mass is 19.4. The summed E-state index contributed by atoms with van der Waals surface area (Å²) in [6.45, 7) is 5.82. The van der Waals surface area contributed by atoms with Gasteiger partial charge in [-0.2, -0.15) is 15.4 Å². The van der Waals surface area contributed by atoms with E-state index in [0.717, 1.165) is 10.6 Å². The Labute approximate surface area is 182 Å². The highest BCUT2D eigenvalue weighted by Gasteiger charge is 2.28. The van der Waals surface area contributed by atoms with Gasteiger partial charge in [-0.3, -0.25) is 9.53 Å². The minimum absolute atomic E-state index is 0.0906. The largest absolute Gasteiger partial charge is 0.522 e. The minimum Gasteiger partial charge on any atom is -0.493 e. The lowest BCUT2D eigenvalue weighted by Gasteiger charge is -2.19. The molecule has 2 N–H and O–H groups in total. The molecule has 0 aliphatic rings. The van der Waals surface area contributed by atoms with Crippen LogP contribution in [0.4, 0.5) is 19.0 Å². The van der Waals surface area contributed by atoms with Crippen LogP contribution in [-0.4, -0.2) is 42.2 Å². The number of aliphatic hydroxyl groups excluding tert-OH is 1. The zero-order valence-electron chi connectivity index (χ0n) is 17.3. The van der Waals surface area contributed by atoms with Gasteiger partial charge in [0.05, 0.1) is 23.8 Å². The average Bonchev–Trinajstić information content (AvgIpc) is 2.76. The van der Waals surface area contributed by atoms with E-state index in [1.165, 1.54) is 18.3 Å². The number of alkyl halides is 3. The predicted molar refractivity (Wildman–Crippen MR) is 112 cm³/mol. The van der Waals surface area contributed by atoms with Crippen LogP contribution in [0.1, 0.15) is 34.0 Å². The molecule has 0 aliphatic heterocycles. The highest BCUT2D eigenvalue weighted by molar-refractivity contribution is 5.94. The highest BCUT2D eigenvalue weighted by Crippen LogP contribution is 2.26. The number of carbonyl (C=O) groups excluding carboxylic acids is 1. The molecule has 0 saturated carbocycles. The molecule has 1 heterocycles. The van der Waals surface area contributed by atoms with Gasteiger partial charge in [-0.15, -0.1) is 13.2 Å². The lowest BCUT2D eigenvalue weighted by Crippen LogP contribution is -2.29. The van der Waals surface area contributed by atoms with E-state index in [1.807, 2.05) is 6.07 Å². The van der Waals surface area contributed by atoms with Crippen LogP contribution in [0.3, 0.4) is 0 Å². The van der Waals surface area contributed by atoms with Gasteiger partial charge in [0.1, 0.15) is 0 Å². The number of anilines is 1. The van der Waals surface area contributed by atoms with Crippen molar-refractivity contribution in [1.29, 1.82) is 5.26 Å². The molecule has 8 nitrogen and oxygen atoms in total. The van der Waals surface area contributed by atoms with Crippen molar-refractivity contribution >= 4 is 24.0 Å². The molecule has 1 amide bonds. The first kappa shape index (κ1) is 24.4. The van der Waals surface area contributed by atoms with E-state index in [-0.39, 0.29) is 23.8 Å². The van der Waals surface area contributed by atoms with E-state index in [2.05, 4.69) is 26.9 Å². The molecule has 2 aromatic rings. The van der Waals surface area contributed by atoms with E-state index in [4.69, 9.17) is 5.26 Å². The smallest absolute Gasteiger partial charge is 0.493 e. The zero-order valence-corrected chi connectivity index (χ0v) is 17.3. The van der Waals surface area contributed by atoms with Crippen LogP contribution in [0.25, 0.3) is 5.57 Å². The number of ether oxygens (including phenoxy) is 1. The normalized spacial score (nSPS) is 11.9. The SMILES string of the molecule is C=NN(/C(O)=C(\C)c1ccc(C#N)cc1C)c1ccc(C(=O)NCCOC(F)(F)F)cn1. The molecule has 168 valence electrons. The number of nitrogens with one attached hydrogen (secondary N) is 1. The van der Waals surface area contributed by atoms with E-state index in [1.54, 1.807) is 32.0 Å². The molecule has 1 aromatic heterocycles. The summed E-state index contributed by atoms with van der Waals surface area (Å²) in [6, 6.07) is 9.81. The van der Waals surface area contributed by atoms with Crippen molar-refractivity contribution in [2.75, 3.05) is 18.2 Å². The summed E-state index contributed by atoms with van der Waals surface area (Å²) in [5.74, 6) is -0.751. The third-order valence-electron chi connectivity index (χ3n) is 4.32. The molecule has 11 heteroatoms. The molecule has 2 rings (SSSR count). The van der Waals surface area contributed by atoms with E-state index < -0.39 is 18.9 Å². The molecule has 0 atom stereocenters. The van der Waals surface area contributed by atoms with Crippen LogP contribution in [0.15, 0.2) is 47.5 Å². The molecule has 0 saturated heterocycles. The fraction of sp³-hybridized carbons (Fsp3) is 0.238. The Morgan fingerprint density at radius 3 is 2.62 bits per heavy atom. The molecule has 0 fully saturated rings. The van der Waals surface area contributed by atoms with Gasteiger partial charge in [0.15, 0.2) is 5.82 Å². The third-order valence-corrected chi connectivity index (χ3v) is 4.32. The van der Waals surface area contributed by atoms with Crippen molar-refractivity contribution in [3.63, 3.8) is 0 Å². The first-order valence-corrected chi connectivity index (χ1v) is 9.20. The molecule has 0 aliphatic carbocycles. The number of aliphatic hydroxyl groups is 1. The van der Waals surface area contributed by atoms with Crippen LogP contribution in [-0.2, 0) is 4.74 Å². The number of nitriles is 1. The number of halogens is 3. The molecule has 0 unspecified atom stereocenters. The summed E-state index contributed by atoms with van der Waals surface area (Å²) in [7, 11) is 0. The van der Waals surface area contributed by atoms with Crippen molar-refractivity contribution in [2.24, 2.45) is 5.10 Å². The average molecular weight is 447 g/mol. The van der Waals surface area contributed by atoms with Crippen LogP contribution < -0.4 is 10.3 Å². The van der Waals surface area contributed by atoms with Crippen molar-refractivity contribution in [2.45, 2.75) is 20.2 Å². The van der Waals surface area contributed by atoms with Gasteiger partial charge < -0.3 is 10.4 Å². The summed E-state index contributed by atoms with van der Waals surface area (Å²) >= 11 is 0. The first-order valence-electron chi connectivity index (χ1n) is 9.20. The maximum absolute atomic E-state index is 12.0. The Morgan fingerprint density at radius 2 is 2.09 bits per heavy atom. The Kier molecular flexibility index (Phi) is 7.92. The second kappa shape index (κ2) is 10.4. The Hall–Kier alpha value is -3.91. The number of nitrogens with zero attached hydrogens (tertiary/aromatic N) is 4. The van der Waals surface area contributed by atoms with Gasteiger partial charge >= 0.3 is 6.36 Å². The van der Waals surface area contributed by atoms with Crippen molar-refractivity contribution < 1.29 is 27.8 Å². The number of aryl methyl sites for hydroxylation is 1. The van der Waals surface area contributed by atoms with Crippen LogP contribution in [0.5, 0.6) is 0 Å². The molecular weight excluding hydrogens is 427 g/mol. The van der Waals surface area contributed by atoms with Gasteiger partial charge in [-0.1, -0.05) is 6.07 Å². The molecule has 0 bridgehead atoms. The number of amides is 1. The third kappa shape index (κ3) is 6.29. The number of aromatic nitrogens is 1. The number of hydrogen-bond donors (Lipinski definition) is 2. The lowest BCUT2D eigenvalue weighted by molar-refractivity contribution is -0.323. The summed E-state index contributed by atoms with van der Waals surface area (Å²) in [5.41, 5.74) is 2.48. The van der Waals surface area contributed by atoms with E-state index in [0.29, 0.717) is 16.7 Å². The van der Waals surface area contributed by atoms with Crippen molar-refractivity contribution in [3.8, 4) is 6.07 Å². The number of rotatable bonds is 8. The number of pyridine rings is 1. The second-order valence-corrected chi connectivity index (χ2v) is 6.50. The summed E-state index contributed by atoms with van der Waals surface area (Å²) < 4.78 is 39.4. The number of benzene rings is 1. The number of allylic oxidation sites excluding steroid dienone is 1. The fourth-order valence-corrected chi connectivity index (χ4v) is 2.76. The molecular formula is C21H20F3N5O3. The van der Waals surface area contributed by atoms with Gasteiger partial charge in [0, 0.05) is 25.0 Å². The van der Waals surface area contributed by atoms with Crippen LogP contribution in [0.2, 0.25) is 0 Å². The summed E-state index contributed by atoms with van der Waals surface area (Å²) in [6.07, 6.45) is -3.58. The summed E-state index contributed by atoms with van der Waals surface area (Å²) in [5, 5.41) is 26.8. The first-order chi connectivity index (χ1) is 15.1. The summed E-state index contributed by atoms with van der Waals surface area (Å²) in [4.78, 5) is 16.1. The van der Waals surface area contributed by atoms with Crippen molar-refractivity contribution in [3.05, 3.63) is 64.7 Å². The fourth-order valence-electron chi connectivity index (χ4n) is 2.76. The van der Waals surface area contributed by atoms with Gasteiger partial charge in [-0.05, 0) is 49.2 Å². The Bertz CT molecular complexity index is 1060. The standard InChI is InChI=1S/C21H20F3N5O3/c1-13-10-15(11-25)4-6-17(13)14(2)20(31)29(26-3)18-7-5-16(12-28-18)19(30)27-8-9-32-21(22,23)24/h4-7,10,12,31H,3,8-9H2,1-2H3,(H,27,30)/b20-14-. The minimum atomic E-state index is -4.76. The van der Waals surface area contributed by atoms with E-state index in [9.17, 15) is 23.1 Å². The quantitative estimate of drug-likeness (QED) is 0.275. The van der Waals surface area contributed by atoms with Gasteiger partial charge in [0.2, 0.25) is 5.88 Å². The van der Waals surface area contributed by atoms with Crippen molar-refractivity contribution in [1.82, 2.24) is 10.3 Å². The maximum atomic E-state index is 12.0. The Balaban J connectivity index is 2.16. The van der Waals surface area contributed by atoms with Gasteiger partial charge in [-0.25, -0.2) is 4.98 Å². The molecule has 1 aromatic carbocycles. The molecule has 0 spiro atoms. The predicted octanol–water partition coefficient (Wildman–Crippen LogP) is 3.90. The Morgan fingerprint density at radius 1 is 1.38 bits per heavy atom. The lowest BCUT2D eigenvalue weighted by atomic mass is 10.00. The zero-order chi connectivity index (χ0) is 23.9. The molecule has 32 heavy (non-hydrogen) atoms. The number of hydrogen-bond acceptors (Lipinski definition) is 7. The monoisotopic (exact) mass is 447 g/mol. The topological polar surface area (TPSA) is 111 Å². The van der Waals surface area contributed by atoms with E-state index >= 15 is 0 Å². The number of carbonyl (C=O) groups is 1. The number of hydrazone groups is 1. The second-order valence-electron chi connectivity index (χ2n) is 6.50. The van der Waals surface area contributed by atoms with Gasteiger partial charge in [0.25, 0.3) is 5.91 Å². The molecule has 0 radical (unpaired) electrons. The van der Waals surface area contributed by atoms with Crippen LogP contribution >= 0.6 is 0 Å².